The Balaban J connectivity index is 1.86. The second kappa shape index (κ2) is 4.53. The van der Waals surface area contributed by atoms with Gasteiger partial charge in [0.2, 0.25) is 5.91 Å². The molecule has 0 saturated heterocycles. The summed E-state index contributed by atoms with van der Waals surface area (Å²) in [6.07, 6.45) is 2.33. The number of carbonyl (C=O) groups is 1. The Morgan fingerprint density at radius 3 is 2.88 bits per heavy atom. The molecule has 2 rings (SSSR count). The zero-order chi connectivity index (χ0) is 11.5. The summed E-state index contributed by atoms with van der Waals surface area (Å²) in [5.74, 6) is 0.128. The predicted molar refractivity (Wildman–Crippen MR) is 62.5 cm³/mol. The van der Waals surface area contributed by atoms with Gasteiger partial charge in [0.1, 0.15) is 5.75 Å². The van der Waals surface area contributed by atoms with Gasteiger partial charge in [-0.05, 0) is 31.4 Å². The van der Waals surface area contributed by atoms with Gasteiger partial charge in [-0.15, -0.1) is 0 Å². The van der Waals surface area contributed by atoms with Crippen LogP contribution in [0.1, 0.15) is 18.4 Å². The molecule has 4 heteroatoms. The summed E-state index contributed by atoms with van der Waals surface area (Å²) in [5.41, 5.74) is 1.43. The quantitative estimate of drug-likeness (QED) is 0.718. The van der Waals surface area contributed by atoms with Crippen LogP contribution in [0.3, 0.4) is 0 Å². The van der Waals surface area contributed by atoms with Crippen LogP contribution in [0.15, 0.2) is 18.2 Å². The lowest BCUT2D eigenvalue weighted by Crippen LogP contribution is -2.29. The number of anilines is 1. The molecule has 16 heavy (non-hydrogen) atoms. The molecular weight excluding hydrogens is 204 g/mol. The van der Waals surface area contributed by atoms with E-state index < -0.39 is 0 Å². The maximum absolute atomic E-state index is 11.5. The molecule has 0 aliphatic heterocycles. The second-order valence-electron chi connectivity index (χ2n) is 4.20. The van der Waals surface area contributed by atoms with Gasteiger partial charge >= 0.3 is 0 Å². The van der Waals surface area contributed by atoms with Gasteiger partial charge in [-0.2, -0.15) is 0 Å². The molecule has 1 fully saturated rings. The van der Waals surface area contributed by atoms with E-state index in [0.717, 1.165) is 5.56 Å². The molecule has 1 aliphatic carbocycles. The highest BCUT2D eigenvalue weighted by atomic mass is 16.3. The molecule has 4 nitrogen and oxygen atoms in total. The molecule has 1 aromatic carbocycles. The van der Waals surface area contributed by atoms with Gasteiger partial charge in [0.25, 0.3) is 0 Å². The SMILES string of the molecule is Cc1ccc(NC(=O)CNC2CC2)cc1O. The number of carbonyl (C=O) groups excluding carboxylic acids is 1. The van der Waals surface area contributed by atoms with Crippen LogP contribution in [0, 0.1) is 6.92 Å². The van der Waals surface area contributed by atoms with Crippen molar-refractivity contribution < 1.29 is 9.90 Å². The second-order valence-corrected chi connectivity index (χ2v) is 4.20. The Kier molecular flexibility index (Phi) is 3.10. The highest BCUT2D eigenvalue weighted by Crippen LogP contribution is 2.21. The van der Waals surface area contributed by atoms with Gasteiger partial charge in [0.15, 0.2) is 0 Å². The molecule has 1 saturated carbocycles. The lowest BCUT2D eigenvalue weighted by molar-refractivity contribution is -0.115. The highest BCUT2D eigenvalue weighted by molar-refractivity contribution is 5.92. The first-order valence-electron chi connectivity index (χ1n) is 5.48. The maximum Gasteiger partial charge on any atom is 0.238 e. The van der Waals surface area contributed by atoms with E-state index in [-0.39, 0.29) is 11.7 Å². The molecule has 0 spiro atoms. The number of rotatable bonds is 4. The first-order chi connectivity index (χ1) is 7.65. The number of hydrogen-bond acceptors (Lipinski definition) is 3. The molecule has 86 valence electrons. The van der Waals surface area contributed by atoms with E-state index in [1.807, 2.05) is 6.92 Å². The van der Waals surface area contributed by atoms with Gasteiger partial charge in [0.05, 0.1) is 6.54 Å². The number of aromatic hydroxyl groups is 1. The van der Waals surface area contributed by atoms with Crippen LogP contribution in [0.25, 0.3) is 0 Å². The van der Waals surface area contributed by atoms with E-state index in [0.29, 0.717) is 18.3 Å². The molecule has 0 heterocycles. The molecule has 3 N–H and O–H groups in total. The molecule has 0 bridgehead atoms. The van der Waals surface area contributed by atoms with Crippen LogP contribution in [-0.4, -0.2) is 23.6 Å². The van der Waals surface area contributed by atoms with Crippen molar-refractivity contribution in [2.75, 3.05) is 11.9 Å². The van der Waals surface area contributed by atoms with Gasteiger partial charge < -0.3 is 15.7 Å². The fourth-order valence-electron chi connectivity index (χ4n) is 1.42. The van der Waals surface area contributed by atoms with Crippen molar-refractivity contribution in [1.29, 1.82) is 0 Å². The Labute approximate surface area is 94.7 Å². The van der Waals surface area contributed by atoms with Gasteiger partial charge in [-0.1, -0.05) is 6.07 Å². The number of benzene rings is 1. The monoisotopic (exact) mass is 220 g/mol. The fourth-order valence-corrected chi connectivity index (χ4v) is 1.42. The van der Waals surface area contributed by atoms with Crippen molar-refractivity contribution in [2.45, 2.75) is 25.8 Å². The smallest absolute Gasteiger partial charge is 0.238 e. The molecule has 0 radical (unpaired) electrons. The summed E-state index contributed by atoms with van der Waals surface area (Å²) in [6.45, 7) is 2.15. The van der Waals surface area contributed by atoms with Crippen LogP contribution in [0.4, 0.5) is 5.69 Å². The largest absolute Gasteiger partial charge is 0.508 e. The molecule has 0 unspecified atom stereocenters. The normalized spacial score (nSPS) is 14.8. The number of phenolic OH excluding ortho intramolecular Hbond substituents is 1. The standard InChI is InChI=1S/C12H16N2O2/c1-8-2-3-10(6-11(8)15)14-12(16)7-13-9-4-5-9/h2-3,6,9,13,15H,4-5,7H2,1H3,(H,14,16). The third-order valence-electron chi connectivity index (χ3n) is 2.62. The third-order valence-corrected chi connectivity index (χ3v) is 2.62. The highest BCUT2D eigenvalue weighted by Gasteiger charge is 2.21. The van der Waals surface area contributed by atoms with Crippen molar-refractivity contribution in [3.8, 4) is 5.75 Å². The van der Waals surface area contributed by atoms with Gasteiger partial charge in [-0.25, -0.2) is 0 Å². The zero-order valence-electron chi connectivity index (χ0n) is 9.29. The third kappa shape index (κ3) is 2.97. The molecule has 1 aromatic rings. The maximum atomic E-state index is 11.5. The zero-order valence-corrected chi connectivity index (χ0v) is 9.29. The van der Waals surface area contributed by atoms with Crippen molar-refractivity contribution in [3.63, 3.8) is 0 Å². The van der Waals surface area contributed by atoms with Crippen molar-refractivity contribution >= 4 is 11.6 Å². The predicted octanol–water partition coefficient (Wildman–Crippen LogP) is 1.39. The Bertz CT molecular complexity index is 400. The number of aryl methyl sites for hydroxylation is 1. The molecule has 1 amide bonds. The number of phenols is 1. The minimum atomic E-state index is -0.0739. The van der Waals surface area contributed by atoms with Crippen molar-refractivity contribution in [1.82, 2.24) is 5.32 Å². The van der Waals surface area contributed by atoms with Crippen LogP contribution >= 0.6 is 0 Å². The average molecular weight is 220 g/mol. The number of hydrogen-bond donors (Lipinski definition) is 3. The summed E-state index contributed by atoms with van der Waals surface area (Å²) in [4.78, 5) is 11.5. The summed E-state index contributed by atoms with van der Waals surface area (Å²) in [5, 5.41) is 15.3. The van der Waals surface area contributed by atoms with Crippen molar-refractivity contribution in [2.24, 2.45) is 0 Å². The van der Waals surface area contributed by atoms with E-state index in [2.05, 4.69) is 10.6 Å². The van der Waals surface area contributed by atoms with Crippen LogP contribution in [0.5, 0.6) is 5.75 Å². The topological polar surface area (TPSA) is 61.4 Å². The summed E-state index contributed by atoms with van der Waals surface area (Å²) < 4.78 is 0. The Hall–Kier alpha value is -1.55. The molecular formula is C12H16N2O2. The fraction of sp³-hybridized carbons (Fsp3) is 0.417. The first kappa shape index (κ1) is 11.0. The van der Waals surface area contributed by atoms with Crippen LogP contribution in [0.2, 0.25) is 0 Å². The van der Waals surface area contributed by atoms with Crippen LogP contribution in [-0.2, 0) is 4.79 Å². The summed E-state index contributed by atoms with van der Waals surface area (Å²) in [7, 11) is 0. The molecule has 0 atom stereocenters. The van der Waals surface area contributed by atoms with E-state index >= 15 is 0 Å². The van der Waals surface area contributed by atoms with Crippen molar-refractivity contribution in [3.05, 3.63) is 23.8 Å². The first-order valence-corrected chi connectivity index (χ1v) is 5.48. The molecule has 0 aromatic heterocycles. The lowest BCUT2D eigenvalue weighted by atomic mass is 10.2. The number of amides is 1. The summed E-state index contributed by atoms with van der Waals surface area (Å²) >= 11 is 0. The summed E-state index contributed by atoms with van der Waals surface area (Å²) in [6, 6.07) is 5.64. The van der Waals surface area contributed by atoms with Gasteiger partial charge in [-0.3, -0.25) is 4.79 Å². The van der Waals surface area contributed by atoms with E-state index in [4.69, 9.17) is 0 Å². The van der Waals surface area contributed by atoms with E-state index in [9.17, 15) is 9.90 Å². The average Bonchev–Trinajstić information content (AvgIpc) is 3.04. The Morgan fingerprint density at radius 2 is 2.25 bits per heavy atom. The van der Waals surface area contributed by atoms with Gasteiger partial charge in [0, 0.05) is 17.8 Å². The molecule has 1 aliphatic rings. The minimum Gasteiger partial charge on any atom is -0.508 e. The lowest BCUT2D eigenvalue weighted by Gasteiger charge is -2.07. The Morgan fingerprint density at radius 1 is 1.50 bits per heavy atom. The van der Waals surface area contributed by atoms with E-state index in [1.165, 1.54) is 12.8 Å². The number of nitrogens with one attached hydrogen (secondary N) is 2. The van der Waals surface area contributed by atoms with E-state index in [1.54, 1.807) is 18.2 Å². The minimum absolute atomic E-state index is 0.0739. The van der Waals surface area contributed by atoms with Crippen LogP contribution < -0.4 is 10.6 Å².